The van der Waals surface area contributed by atoms with Crippen molar-refractivity contribution in [3.8, 4) is 0 Å². The van der Waals surface area contributed by atoms with Gasteiger partial charge in [-0.15, -0.1) is 0 Å². The molecule has 3 aromatic carbocycles. The van der Waals surface area contributed by atoms with E-state index in [9.17, 15) is 14.3 Å². The van der Waals surface area contributed by atoms with Gasteiger partial charge in [-0.05, 0) is 46.7 Å². The van der Waals surface area contributed by atoms with Gasteiger partial charge in [0.15, 0.2) is 0 Å². The third-order valence-electron chi connectivity index (χ3n) is 5.55. The second-order valence-corrected chi connectivity index (χ2v) is 7.75. The van der Waals surface area contributed by atoms with Crippen molar-refractivity contribution < 1.29 is 14.3 Å². The SMILES string of the molecule is O=C(CN1CCN(CC(O)c2ccc3ccccc3c2)CC1)Nc1ccc(F)cc1. The molecule has 156 valence electrons. The molecular weight excluding hydrogens is 381 g/mol. The van der Waals surface area contributed by atoms with Gasteiger partial charge >= 0.3 is 0 Å². The number of β-amino-alcohol motifs (C(OH)–C–C–N with tert-alkyl or cyclic N) is 1. The van der Waals surface area contributed by atoms with Crippen LogP contribution in [0.1, 0.15) is 11.7 Å². The van der Waals surface area contributed by atoms with Crippen molar-refractivity contribution in [2.75, 3.05) is 44.6 Å². The molecule has 1 saturated heterocycles. The van der Waals surface area contributed by atoms with Gasteiger partial charge in [0, 0.05) is 38.4 Å². The van der Waals surface area contributed by atoms with Crippen molar-refractivity contribution in [2.45, 2.75) is 6.10 Å². The lowest BCUT2D eigenvalue weighted by atomic mass is 10.0. The van der Waals surface area contributed by atoms with Crippen LogP contribution in [0.5, 0.6) is 0 Å². The smallest absolute Gasteiger partial charge is 0.238 e. The molecule has 2 N–H and O–H groups in total. The summed E-state index contributed by atoms with van der Waals surface area (Å²) < 4.78 is 13.0. The van der Waals surface area contributed by atoms with Crippen molar-refractivity contribution in [2.24, 2.45) is 0 Å². The molecule has 1 fully saturated rings. The molecule has 0 bridgehead atoms. The summed E-state index contributed by atoms with van der Waals surface area (Å²) in [5, 5.41) is 15.8. The lowest BCUT2D eigenvalue weighted by Gasteiger charge is -2.35. The first-order valence-corrected chi connectivity index (χ1v) is 10.2. The van der Waals surface area contributed by atoms with Gasteiger partial charge in [0.25, 0.3) is 0 Å². The summed E-state index contributed by atoms with van der Waals surface area (Å²) in [5.74, 6) is -0.429. The zero-order valence-electron chi connectivity index (χ0n) is 16.8. The predicted octanol–water partition coefficient (Wildman–Crippen LogP) is 3.27. The number of rotatable bonds is 6. The van der Waals surface area contributed by atoms with E-state index >= 15 is 0 Å². The van der Waals surface area contributed by atoms with Crippen molar-refractivity contribution >= 4 is 22.4 Å². The molecule has 30 heavy (non-hydrogen) atoms. The second-order valence-electron chi connectivity index (χ2n) is 7.75. The zero-order valence-corrected chi connectivity index (χ0v) is 16.8. The van der Waals surface area contributed by atoms with Crippen molar-refractivity contribution in [1.29, 1.82) is 0 Å². The van der Waals surface area contributed by atoms with E-state index in [1.165, 1.54) is 17.5 Å². The predicted molar refractivity (Wildman–Crippen MR) is 117 cm³/mol. The molecule has 1 atom stereocenters. The van der Waals surface area contributed by atoms with Crippen LogP contribution in [0.3, 0.4) is 0 Å². The number of aliphatic hydroxyl groups excluding tert-OH is 1. The monoisotopic (exact) mass is 407 g/mol. The number of nitrogens with one attached hydrogen (secondary N) is 1. The number of carbonyl (C=O) groups is 1. The fourth-order valence-corrected chi connectivity index (χ4v) is 3.83. The van der Waals surface area contributed by atoms with Crippen LogP contribution >= 0.6 is 0 Å². The van der Waals surface area contributed by atoms with E-state index in [2.05, 4.69) is 33.3 Å². The quantitative estimate of drug-likeness (QED) is 0.659. The van der Waals surface area contributed by atoms with E-state index in [0.717, 1.165) is 37.1 Å². The van der Waals surface area contributed by atoms with Crippen LogP contribution in [0.2, 0.25) is 0 Å². The first-order valence-electron chi connectivity index (χ1n) is 10.2. The third kappa shape index (κ3) is 5.21. The van der Waals surface area contributed by atoms with Gasteiger partial charge in [-0.2, -0.15) is 0 Å². The number of carbonyl (C=O) groups excluding carboxylic acids is 1. The van der Waals surface area contributed by atoms with E-state index < -0.39 is 6.10 Å². The first-order chi connectivity index (χ1) is 14.6. The van der Waals surface area contributed by atoms with Gasteiger partial charge in [-0.1, -0.05) is 36.4 Å². The fraction of sp³-hybridized carbons (Fsp3) is 0.292. The summed E-state index contributed by atoms with van der Waals surface area (Å²) in [7, 11) is 0. The van der Waals surface area contributed by atoms with Crippen LogP contribution in [-0.4, -0.2) is 60.1 Å². The van der Waals surface area contributed by atoms with Crippen molar-refractivity contribution in [1.82, 2.24) is 9.80 Å². The Balaban J connectivity index is 1.24. The number of nitrogens with zero attached hydrogens (tertiary/aromatic N) is 2. The minimum atomic E-state index is -0.539. The van der Waals surface area contributed by atoms with Crippen LogP contribution < -0.4 is 5.32 Å². The summed E-state index contributed by atoms with van der Waals surface area (Å²) in [5.41, 5.74) is 1.52. The molecule has 0 aliphatic carbocycles. The maximum absolute atomic E-state index is 13.0. The first kappa shape index (κ1) is 20.5. The molecule has 4 rings (SSSR count). The number of hydrogen-bond donors (Lipinski definition) is 2. The van der Waals surface area contributed by atoms with Gasteiger partial charge < -0.3 is 10.4 Å². The molecule has 5 nitrogen and oxygen atoms in total. The minimum Gasteiger partial charge on any atom is -0.387 e. The Morgan fingerprint density at radius 1 is 0.933 bits per heavy atom. The minimum absolute atomic E-state index is 0.105. The Hall–Kier alpha value is -2.80. The molecule has 6 heteroatoms. The summed E-state index contributed by atoms with van der Waals surface area (Å²) in [6.07, 6.45) is -0.539. The molecule has 1 aliphatic rings. The molecular formula is C24H26FN3O2. The molecule has 0 spiro atoms. The van der Waals surface area contributed by atoms with Crippen molar-refractivity contribution in [3.63, 3.8) is 0 Å². The standard InChI is InChI=1S/C24H26FN3O2/c25-21-7-9-22(10-8-21)26-24(30)17-28-13-11-27(12-14-28)16-23(29)20-6-5-18-3-1-2-4-19(18)15-20/h1-10,15,23,29H,11-14,16-17H2,(H,26,30). The average Bonchev–Trinajstić information content (AvgIpc) is 2.76. The van der Waals surface area contributed by atoms with Crippen LogP contribution in [0.25, 0.3) is 10.8 Å². The van der Waals surface area contributed by atoms with E-state index in [1.54, 1.807) is 12.1 Å². The van der Waals surface area contributed by atoms with E-state index in [1.807, 2.05) is 24.3 Å². The van der Waals surface area contributed by atoms with E-state index in [4.69, 9.17) is 0 Å². The molecule has 1 aliphatic heterocycles. The number of aliphatic hydroxyl groups is 1. The van der Waals surface area contributed by atoms with Crippen molar-refractivity contribution in [3.05, 3.63) is 78.1 Å². The second kappa shape index (κ2) is 9.34. The van der Waals surface area contributed by atoms with Crippen LogP contribution in [0, 0.1) is 5.82 Å². The summed E-state index contributed by atoms with van der Waals surface area (Å²) in [6.45, 7) is 4.01. The molecule has 0 aromatic heterocycles. The highest BCUT2D eigenvalue weighted by atomic mass is 19.1. The Labute approximate surface area is 175 Å². The number of fused-ring (bicyclic) bond motifs is 1. The number of hydrogen-bond acceptors (Lipinski definition) is 4. The lowest BCUT2D eigenvalue weighted by Crippen LogP contribution is -2.49. The van der Waals surface area contributed by atoms with Gasteiger partial charge in [0.1, 0.15) is 5.82 Å². The summed E-state index contributed by atoms with van der Waals surface area (Å²) >= 11 is 0. The Morgan fingerprint density at radius 2 is 1.60 bits per heavy atom. The highest BCUT2D eigenvalue weighted by Crippen LogP contribution is 2.21. The number of halogens is 1. The molecule has 3 aromatic rings. The highest BCUT2D eigenvalue weighted by Gasteiger charge is 2.21. The van der Waals surface area contributed by atoms with E-state index in [-0.39, 0.29) is 11.7 Å². The Bertz CT molecular complexity index is 1000. The zero-order chi connectivity index (χ0) is 20.9. The number of benzene rings is 3. The summed E-state index contributed by atoms with van der Waals surface area (Å²) in [4.78, 5) is 16.5. The van der Waals surface area contributed by atoms with Gasteiger partial charge in [0.05, 0.1) is 12.6 Å². The number of piperazine rings is 1. The fourth-order valence-electron chi connectivity index (χ4n) is 3.83. The Morgan fingerprint density at radius 3 is 2.33 bits per heavy atom. The maximum Gasteiger partial charge on any atom is 0.238 e. The maximum atomic E-state index is 13.0. The molecule has 1 amide bonds. The van der Waals surface area contributed by atoms with E-state index in [0.29, 0.717) is 18.8 Å². The molecule has 0 saturated carbocycles. The van der Waals surface area contributed by atoms with Crippen LogP contribution in [-0.2, 0) is 4.79 Å². The highest BCUT2D eigenvalue weighted by molar-refractivity contribution is 5.92. The van der Waals surface area contributed by atoms with Crippen LogP contribution in [0.4, 0.5) is 10.1 Å². The number of anilines is 1. The lowest BCUT2D eigenvalue weighted by molar-refractivity contribution is -0.117. The topological polar surface area (TPSA) is 55.8 Å². The van der Waals surface area contributed by atoms with Gasteiger partial charge in [-0.25, -0.2) is 4.39 Å². The van der Waals surface area contributed by atoms with Gasteiger partial charge in [-0.3, -0.25) is 14.6 Å². The third-order valence-corrected chi connectivity index (χ3v) is 5.55. The Kier molecular flexibility index (Phi) is 6.38. The molecule has 1 heterocycles. The molecule has 1 unspecified atom stereocenters. The normalized spacial score (nSPS) is 16.5. The summed E-state index contributed by atoms with van der Waals surface area (Å²) in [6, 6.07) is 20.0. The average molecular weight is 407 g/mol. The molecule has 0 radical (unpaired) electrons. The van der Waals surface area contributed by atoms with Gasteiger partial charge in [0.2, 0.25) is 5.91 Å². The number of amides is 1. The van der Waals surface area contributed by atoms with Crippen LogP contribution in [0.15, 0.2) is 66.7 Å². The largest absolute Gasteiger partial charge is 0.387 e.